The average Bonchev–Trinajstić information content (AvgIpc) is 2.48. The number of carboxylic acid groups (broad SMARTS) is 1. The lowest BCUT2D eigenvalue weighted by atomic mass is 10.1. The van der Waals surface area contributed by atoms with Crippen LogP contribution in [0.15, 0.2) is 48.5 Å². The summed E-state index contributed by atoms with van der Waals surface area (Å²) in [5.41, 5.74) is 0.222. The number of hydrogen-bond donors (Lipinski definition) is 3. The number of carboxylic acids is 1. The number of halogens is 1. The Labute approximate surface area is 120 Å². The van der Waals surface area contributed by atoms with E-state index in [0.717, 1.165) is 11.6 Å². The van der Waals surface area contributed by atoms with Crippen molar-refractivity contribution in [2.24, 2.45) is 0 Å². The van der Waals surface area contributed by atoms with Crippen molar-refractivity contribution in [1.82, 2.24) is 5.32 Å². The normalized spacial score (nSPS) is 9.95. The van der Waals surface area contributed by atoms with Crippen molar-refractivity contribution in [3.63, 3.8) is 0 Å². The molecule has 5 nitrogen and oxygen atoms in total. The van der Waals surface area contributed by atoms with E-state index in [0.29, 0.717) is 0 Å². The van der Waals surface area contributed by atoms with Crippen molar-refractivity contribution in [3.8, 4) is 0 Å². The molecule has 2 aromatic rings. The molecule has 2 amide bonds. The third kappa shape index (κ3) is 3.79. The minimum absolute atomic E-state index is 0.254. The molecule has 0 aliphatic carbocycles. The SMILES string of the molecule is O=C(NCc1ccccc1)Nc1c(F)cccc1C(=O)O. The third-order valence-electron chi connectivity index (χ3n) is 2.78. The molecular formula is C15H13FN2O3. The highest BCUT2D eigenvalue weighted by atomic mass is 19.1. The van der Waals surface area contributed by atoms with E-state index >= 15 is 0 Å². The Hall–Kier alpha value is -2.89. The van der Waals surface area contributed by atoms with Gasteiger partial charge in [-0.15, -0.1) is 0 Å². The second-order valence-electron chi connectivity index (χ2n) is 4.26. The average molecular weight is 288 g/mol. The monoisotopic (exact) mass is 288 g/mol. The number of hydrogen-bond acceptors (Lipinski definition) is 2. The molecule has 0 aliphatic heterocycles. The molecule has 0 spiro atoms. The molecule has 6 heteroatoms. The first-order valence-electron chi connectivity index (χ1n) is 6.18. The fraction of sp³-hybridized carbons (Fsp3) is 0.0667. The Balaban J connectivity index is 2.05. The quantitative estimate of drug-likeness (QED) is 0.809. The van der Waals surface area contributed by atoms with E-state index < -0.39 is 17.8 Å². The van der Waals surface area contributed by atoms with Crippen LogP contribution in [0.1, 0.15) is 15.9 Å². The van der Waals surface area contributed by atoms with Gasteiger partial charge in [0.2, 0.25) is 0 Å². The summed E-state index contributed by atoms with van der Waals surface area (Å²) in [5.74, 6) is -2.11. The number of carbonyl (C=O) groups excluding carboxylic acids is 1. The van der Waals surface area contributed by atoms with E-state index in [9.17, 15) is 14.0 Å². The van der Waals surface area contributed by atoms with Crippen LogP contribution in [-0.4, -0.2) is 17.1 Å². The number of rotatable bonds is 4. The Morgan fingerprint density at radius 1 is 1.05 bits per heavy atom. The highest BCUT2D eigenvalue weighted by molar-refractivity contribution is 6.00. The van der Waals surface area contributed by atoms with E-state index in [4.69, 9.17) is 5.11 Å². The lowest BCUT2D eigenvalue weighted by molar-refractivity contribution is 0.0697. The molecule has 0 saturated carbocycles. The summed E-state index contributed by atoms with van der Waals surface area (Å²) in [6.07, 6.45) is 0. The molecule has 0 saturated heterocycles. The van der Waals surface area contributed by atoms with Crippen LogP contribution in [0, 0.1) is 5.82 Å². The van der Waals surface area contributed by atoms with Crippen LogP contribution in [0.4, 0.5) is 14.9 Å². The summed E-state index contributed by atoms with van der Waals surface area (Å²) in [6.45, 7) is 0.254. The van der Waals surface area contributed by atoms with Crippen LogP contribution >= 0.6 is 0 Å². The maximum absolute atomic E-state index is 13.6. The molecule has 0 aromatic heterocycles. The van der Waals surface area contributed by atoms with Gasteiger partial charge in [-0.25, -0.2) is 14.0 Å². The molecule has 108 valence electrons. The van der Waals surface area contributed by atoms with Gasteiger partial charge >= 0.3 is 12.0 Å². The van der Waals surface area contributed by atoms with Gasteiger partial charge in [-0.3, -0.25) is 0 Å². The van der Waals surface area contributed by atoms with Gasteiger partial charge in [-0.2, -0.15) is 0 Å². The topological polar surface area (TPSA) is 78.4 Å². The Kier molecular flexibility index (Phi) is 4.50. The van der Waals surface area contributed by atoms with Crippen LogP contribution in [-0.2, 0) is 6.54 Å². The van der Waals surface area contributed by atoms with Gasteiger partial charge in [0.1, 0.15) is 5.82 Å². The standard InChI is InChI=1S/C15H13FN2O3/c16-12-8-4-7-11(14(19)20)13(12)18-15(21)17-9-10-5-2-1-3-6-10/h1-8H,9H2,(H,19,20)(H2,17,18,21). The van der Waals surface area contributed by atoms with Crippen molar-refractivity contribution in [2.45, 2.75) is 6.54 Å². The second-order valence-corrected chi connectivity index (χ2v) is 4.26. The van der Waals surface area contributed by atoms with Gasteiger partial charge in [-0.05, 0) is 17.7 Å². The fourth-order valence-corrected chi connectivity index (χ4v) is 1.77. The summed E-state index contributed by atoms with van der Waals surface area (Å²) in [7, 11) is 0. The van der Waals surface area contributed by atoms with Gasteiger partial charge in [0.25, 0.3) is 0 Å². The number of nitrogens with one attached hydrogen (secondary N) is 2. The van der Waals surface area contributed by atoms with E-state index in [1.165, 1.54) is 12.1 Å². The van der Waals surface area contributed by atoms with Gasteiger partial charge in [0, 0.05) is 6.54 Å². The van der Waals surface area contributed by atoms with E-state index in [1.54, 1.807) is 0 Å². The number of benzene rings is 2. The van der Waals surface area contributed by atoms with Crippen LogP contribution in [0.5, 0.6) is 0 Å². The maximum Gasteiger partial charge on any atom is 0.337 e. The summed E-state index contributed by atoms with van der Waals surface area (Å²) in [5, 5.41) is 13.7. The molecule has 0 bridgehead atoms. The highest BCUT2D eigenvalue weighted by Crippen LogP contribution is 2.19. The van der Waals surface area contributed by atoms with Crippen LogP contribution < -0.4 is 10.6 Å². The third-order valence-corrected chi connectivity index (χ3v) is 2.78. The van der Waals surface area contributed by atoms with Crippen LogP contribution in [0.2, 0.25) is 0 Å². The largest absolute Gasteiger partial charge is 0.478 e. The molecule has 0 radical (unpaired) electrons. The molecule has 21 heavy (non-hydrogen) atoms. The zero-order valence-corrected chi connectivity index (χ0v) is 11.0. The van der Waals surface area contributed by atoms with Crippen LogP contribution in [0.25, 0.3) is 0 Å². The molecule has 0 unspecified atom stereocenters. The van der Waals surface area contributed by atoms with Crippen molar-refractivity contribution in [3.05, 3.63) is 65.5 Å². The van der Waals surface area contributed by atoms with Crippen molar-refractivity contribution >= 4 is 17.7 Å². The minimum atomic E-state index is -1.31. The number of para-hydroxylation sites is 1. The molecule has 0 atom stereocenters. The first-order chi connectivity index (χ1) is 10.1. The second kappa shape index (κ2) is 6.51. The van der Waals surface area contributed by atoms with Crippen molar-refractivity contribution in [1.29, 1.82) is 0 Å². The number of carbonyl (C=O) groups is 2. The van der Waals surface area contributed by atoms with Crippen LogP contribution in [0.3, 0.4) is 0 Å². The fourth-order valence-electron chi connectivity index (χ4n) is 1.77. The Morgan fingerprint density at radius 2 is 1.76 bits per heavy atom. The summed E-state index contributed by atoms with van der Waals surface area (Å²) < 4.78 is 13.6. The summed E-state index contributed by atoms with van der Waals surface area (Å²) in [6, 6.07) is 12.1. The van der Waals surface area contributed by atoms with Gasteiger partial charge in [0.05, 0.1) is 11.3 Å². The molecule has 3 N–H and O–H groups in total. The first kappa shape index (κ1) is 14.5. The molecule has 2 rings (SSSR count). The highest BCUT2D eigenvalue weighted by Gasteiger charge is 2.16. The van der Waals surface area contributed by atoms with E-state index in [2.05, 4.69) is 10.6 Å². The molecule has 0 heterocycles. The number of aromatic carboxylic acids is 1. The molecule has 2 aromatic carbocycles. The number of anilines is 1. The van der Waals surface area contributed by atoms with Gasteiger partial charge in [0.15, 0.2) is 0 Å². The molecule has 0 aliphatic rings. The van der Waals surface area contributed by atoms with E-state index in [1.807, 2.05) is 30.3 Å². The van der Waals surface area contributed by atoms with Crippen molar-refractivity contribution < 1.29 is 19.1 Å². The number of amides is 2. The predicted octanol–water partition coefficient (Wildman–Crippen LogP) is 2.85. The molecular weight excluding hydrogens is 275 g/mol. The Morgan fingerprint density at radius 3 is 2.43 bits per heavy atom. The van der Waals surface area contributed by atoms with Gasteiger partial charge < -0.3 is 15.7 Å². The maximum atomic E-state index is 13.6. The predicted molar refractivity (Wildman–Crippen MR) is 75.7 cm³/mol. The lowest BCUT2D eigenvalue weighted by Crippen LogP contribution is -2.29. The number of urea groups is 1. The zero-order valence-electron chi connectivity index (χ0n) is 11.0. The lowest BCUT2D eigenvalue weighted by Gasteiger charge is -2.10. The summed E-state index contributed by atoms with van der Waals surface area (Å²) >= 11 is 0. The van der Waals surface area contributed by atoms with E-state index in [-0.39, 0.29) is 17.8 Å². The van der Waals surface area contributed by atoms with Gasteiger partial charge in [-0.1, -0.05) is 36.4 Å². The minimum Gasteiger partial charge on any atom is -0.478 e. The first-order valence-corrected chi connectivity index (χ1v) is 6.18. The summed E-state index contributed by atoms with van der Waals surface area (Å²) in [4.78, 5) is 22.7. The zero-order chi connectivity index (χ0) is 15.2. The Bertz CT molecular complexity index is 659. The van der Waals surface area contributed by atoms with Crippen molar-refractivity contribution in [2.75, 3.05) is 5.32 Å². The smallest absolute Gasteiger partial charge is 0.337 e. The molecule has 0 fully saturated rings.